The van der Waals surface area contributed by atoms with E-state index in [1.807, 2.05) is 0 Å². The molecular formula is C16H33Cl2NSiTi-. The molecule has 0 amide bonds. The van der Waals surface area contributed by atoms with Gasteiger partial charge >= 0.3 is 0 Å². The fourth-order valence-corrected chi connectivity index (χ4v) is 1.78. The first-order chi connectivity index (χ1) is 7.97. The molecule has 0 aromatic heterocycles. The molecule has 0 atom stereocenters. The molecule has 0 aliphatic rings. The number of halogens is 2. The standard InChI is InChI=1S/C13H22N.C3H9Si.2ClH.Ti/c1-8-9(2)11(4)12(10(8)3)14-13(5,6)7;1-4(2)3;;;/h14H,1-7H3;1-3H3;2*1H;/q-1;;;;. The first-order valence-electron chi connectivity index (χ1n) is 6.75. The van der Waals surface area contributed by atoms with Gasteiger partial charge in [0.1, 0.15) is 0 Å². The third-order valence-electron chi connectivity index (χ3n) is 2.94. The molecule has 0 heterocycles. The molecule has 0 saturated carbocycles. The smallest absolute Gasteiger partial charge is 0.0379 e. The van der Waals surface area contributed by atoms with E-state index in [2.05, 4.69) is 73.4 Å². The summed E-state index contributed by atoms with van der Waals surface area (Å²) in [5.74, 6) is 0. The molecule has 125 valence electrons. The minimum absolute atomic E-state index is 0. The summed E-state index contributed by atoms with van der Waals surface area (Å²) in [6.45, 7) is 22.2. The van der Waals surface area contributed by atoms with Crippen LogP contribution in [0.2, 0.25) is 19.6 Å². The summed E-state index contributed by atoms with van der Waals surface area (Å²) in [5.41, 5.74) is 7.11. The summed E-state index contributed by atoms with van der Waals surface area (Å²) in [5, 5.41) is 3.58. The molecule has 1 N–H and O–H groups in total. The van der Waals surface area contributed by atoms with Gasteiger partial charge in [-0.25, -0.2) is 0 Å². The zero-order valence-corrected chi connectivity index (χ0v) is 19.5. The minimum atomic E-state index is 0. The number of rotatable bonds is 1. The molecule has 0 spiro atoms. The molecule has 0 bridgehead atoms. The molecule has 1 aromatic carbocycles. The third-order valence-corrected chi connectivity index (χ3v) is 2.94. The van der Waals surface area contributed by atoms with Crippen molar-refractivity contribution in [2.75, 3.05) is 5.32 Å². The molecule has 5 heteroatoms. The van der Waals surface area contributed by atoms with Crippen LogP contribution in [0.15, 0.2) is 0 Å². The van der Waals surface area contributed by atoms with Gasteiger partial charge in [-0.15, -0.1) is 36.1 Å². The third kappa shape index (κ3) is 10.9. The maximum absolute atomic E-state index is 3.58. The van der Waals surface area contributed by atoms with E-state index < -0.39 is 0 Å². The predicted molar refractivity (Wildman–Crippen MR) is 102 cm³/mol. The zero-order valence-electron chi connectivity index (χ0n) is 15.3. The van der Waals surface area contributed by atoms with Crippen LogP contribution in [0.4, 0.5) is 5.69 Å². The Morgan fingerprint density at radius 3 is 1.43 bits per heavy atom. The van der Waals surface area contributed by atoms with Crippen LogP contribution in [0, 0.1) is 27.7 Å². The number of hydrogen-bond donors (Lipinski definition) is 1. The van der Waals surface area contributed by atoms with Gasteiger partial charge in [-0.05, 0) is 20.8 Å². The van der Waals surface area contributed by atoms with E-state index in [0.29, 0.717) is 0 Å². The van der Waals surface area contributed by atoms with Gasteiger partial charge in [-0.3, -0.25) is 0 Å². The summed E-state index contributed by atoms with van der Waals surface area (Å²) in [6.07, 6.45) is 0. The molecule has 1 nitrogen and oxygen atoms in total. The maximum Gasteiger partial charge on any atom is 0.0379 e. The normalized spacial score (nSPS) is 9.67. The van der Waals surface area contributed by atoms with Crippen molar-refractivity contribution in [3.05, 3.63) is 22.3 Å². The monoisotopic (exact) mass is 385 g/mol. The van der Waals surface area contributed by atoms with Crippen molar-refractivity contribution in [1.82, 2.24) is 0 Å². The van der Waals surface area contributed by atoms with E-state index in [9.17, 15) is 0 Å². The molecule has 0 aliphatic carbocycles. The fourth-order valence-electron chi connectivity index (χ4n) is 1.78. The quantitative estimate of drug-likeness (QED) is 0.457. The second-order valence-electron chi connectivity index (χ2n) is 6.75. The molecule has 0 unspecified atom stereocenters. The van der Waals surface area contributed by atoms with Crippen LogP contribution in [0.1, 0.15) is 43.0 Å². The summed E-state index contributed by atoms with van der Waals surface area (Å²) in [7, 11) is 0.120. The van der Waals surface area contributed by atoms with Crippen molar-refractivity contribution in [1.29, 1.82) is 0 Å². The average Bonchev–Trinajstić information content (AvgIpc) is 2.33. The Balaban J connectivity index is -0.000000185. The summed E-state index contributed by atoms with van der Waals surface area (Å²) >= 11 is 0. The predicted octanol–water partition coefficient (Wildman–Crippen LogP) is 6.06. The van der Waals surface area contributed by atoms with Crippen LogP contribution < -0.4 is 5.32 Å². The Labute approximate surface area is 161 Å². The van der Waals surface area contributed by atoms with E-state index in [1.54, 1.807) is 0 Å². The molecule has 1 aromatic rings. The van der Waals surface area contributed by atoms with Crippen molar-refractivity contribution in [3.63, 3.8) is 0 Å². The number of anilines is 1. The van der Waals surface area contributed by atoms with Crippen LogP contribution in [-0.4, -0.2) is 14.3 Å². The topological polar surface area (TPSA) is 12.0 Å². The Morgan fingerprint density at radius 1 is 0.905 bits per heavy atom. The average molecular weight is 386 g/mol. The second kappa shape index (κ2) is 12.1. The summed E-state index contributed by atoms with van der Waals surface area (Å²) < 4.78 is 0. The van der Waals surface area contributed by atoms with Gasteiger partial charge < -0.3 is 5.32 Å². The van der Waals surface area contributed by atoms with Crippen molar-refractivity contribution < 1.29 is 21.7 Å². The molecule has 0 aliphatic heterocycles. The van der Waals surface area contributed by atoms with E-state index >= 15 is 0 Å². The molecule has 0 saturated heterocycles. The Kier molecular flexibility index (Phi) is 17.1. The van der Waals surface area contributed by atoms with Crippen LogP contribution in [0.5, 0.6) is 0 Å². The first-order valence-corrected chi connectivity index (χ1v) is 9.75. The summed E-state index contributed by atoms with van der Waals surface area (Å²) in [6, 6.07) is 0. The molecular weight excluding hydrogens is 353 g/mol. The van der Waals surface area contributed by atoms with Gasteiger partial charge in [0, 0.05) is 36.1 Å². The SMILES string of the molecule is C[Si](C)C.Cc1c(NC(C)(C)C)c(C)[c-](C)c1C.Cl.Cl.[Ti]. The molecule has 0 fully saturated rings. The van der Waals surface area contributed by atoms with Crippen LogP contribution >= 0.6 is 24.8 Å². The van der Waals surface area contributed by atoms with Crippen molar-refractivity contribution in [2.24, 2.45) is 0 Å². The Bertz CT molecular complexity index is 368. The van der Waals surface area contributed by atoms with E-state index in [1.165, 1.54) is 27.9 Å². The van der Waals surface area contributed by atoms with Gasteiger partial charge in [0.2, 0.25) is 0 Å². The molecule has 21 heavy (non-hydrogen) atoms. The van der Waals surface area contributed by atoms with Crippen LogP contribution in [-0.2, 0) is 21.7 Å². The van der Waals surface area contributed by atoms with E-state index in [4.69, 9.17) is 0 Å². The first kappa shape index (κ1) is 29.6. The Hall–Kier alpha value is 0.661. The van der Waals surface area contributed by atoms with Crippen molar-refractivity contribution in [2.45, 2.75) is 73.6 Å². The zero-order chi connectivity index (χ0) is 14.7. The molecule has 1 radical (unpaired) electrons. The van der Waals surface area contributed by atoms with Gasteiger partial charge in [0.05, 0.1) is 0 Å². The van der Waals surface area contributed by atoms with Crippen molar-refractivity contribution in [3.8, 4) is 0 Å². The van der Waals surface area contributed by atoms with Gasteiger partial charge in [-0.1, -0.05) is 47.3 Å². The van der Waals surface area contributed by atoms with E-state index in [-0.39, 0.29) is 60.9 Å². The van der Waals surface area contributed by atoms with Crippen LogP contribution in [0.3, 0.4) is 0 Å². The number of hydrogen-bond acceptors (Lipinski definition) is 1. The van der Waals surface area contributed by atoms with Gasteiger partial charge in [0.15, 0.2) is 0 Å². The van der Waals surface area contributed by atoms with Crippen LogP contribution in [0.25, 0.3) is 0 Å². The molecule has 1 rings (SSSR count). The van der Waals surface area contributed by atoms with Gasteiger partial charge in [-0.2, -0.15) is 16.7 Å². The fraction of sp³-hybridized carbons (Fsp3) is 0.688. The minimum Gasteiger partial charge on any atom is -0.441 e. The number of nitrogens with one attached hydrogen (secondary N) is 1. The summed E-state index contributed by atoms with van der Waals surface area (Å²) in [4.78, 5) is 0. The Morgan fingerprint density at radius 2 is 1.24 bits per heavy atom. The van der Waals surface area contributed by atoms with Gasteiger partial charge in [0.25, 0.3) is 0 Å². The largest absolute Gasteiger partial charge is 0.441 e. The maximum atomic E-state index is 3.58. The van der Waals surface area contributed by atoms with E-state index in [0.717, 1.165) is 0 Å². The van der Waals surface area contributed by atoms with Crippen molar-refractivity contribution >= 4 is 39.3 Å². The second-order valence-corrected chi connectivity index (χ2v) is 9.75.